The number of rotatable bonds is 8. The van der Waals surface area contributed by atoms with Crippen LogP contribution in [0.3, 0.4) is 0 Å². The highest BCUT2D eigenvalue weighted by Crippen LogP contribution is 2.21. The largest absolute Gasteiger partial charge is 0.480 e. The fraction of sp³-hybridized carbons (Fsp3) is 0.588. The average Bonchev–Trinajstić information content (AvgIpc) is 2.55. The summed E-state index contributed by atoms with van der Waals surface area (Å²) in [7, 11) is 0. The molecule has 4 nitrogen and oxygen atoms in total. The highest BCUT2D eigenvalue weighted by molar-refractivity contribution is 7.99. The van der Waals surface area contributed by atoms with Gasteiger partial charge in [0, 0.05) is 28.3 Å². The number of carboxylic acids is 1. The van der Waals surface area contributed by atoms with E-state index in [0.29, 0.717) is 6.04 Å². The number of likely N-dealkylation sites (N-methyl/N-ethyl adjacent to an activating group) is 1. The molecule has 1 aromatic rings. The van der Waals surface area contributed by atoms with E-state index in [1.54, 1.807) is 0 Å². The molecule has 24 heavy (non-hydrogen) atoms. The number of thioether (sulfide) groups is 1. The van der Waals surface area contributed by atoms with Gasteiger partial charge in [0.15, 0.2) is 0 Å². The molecule has 0 aromatic heterocycles. The molecule has 0 saturated carbocycles. The zero-order valence-electron chi connectivity index (χ0n) is 14.0. The standard InChI is InChI=1S/C17H25ClN2O2S.ClH/c1-2-20(13-17(21)22)15-7-9-19(10-8-15)11-12-23-16-5-3-14(18)4-6-16;/h3-6,15H,2,7-13H2,1H3,(H,21,22);1H. The molecule has 0 atom stereocenters. The number of benzene rings is 1. The van der Waals surface area contributed by atoms with Crippen LogP contribution in [0.5, 0.6) is 0 Å². The third-order valence-electron chi connectivity index (χ3n) is 4.31. The van der Waals surface area contributed by atoms with Crippen molar-refractivity contribution in [2.75, 3.05) is 38.5 Å². The van der Waals surface area contributed by atoms with E-state index in [4.69, 9.17) is 16.7 Å². The van der Waals surface area contributed by atoms with Crippen LogP contribution in [-0.2, 0) is 4.79 Å². The lowest BCUT2D eigenvalue weighted by atomic mass is 10.0. The van der Waals surface area contributed by atoms with Crippen LogP contribution in [-0.4, -0.2) is 65.4 Å². The van der Waals surface area contributed by atoms with Crippen LogP contribution >= 0.6 is 35.8 Å². The molecule has 1 saturated heterocycles. The van der Waals surface area contributed by atoms with Crippen molar-refractivity contribution in [3.05, 3.63) is 29.3 Å². The minimum Gasteiger partial charge on any atom is -0.480 e. The molecular formula is C17H26Cl2N2O2S. The highest BCUT2D eigenvalue weighted by atomic mass is 35.5. The van der Waals surface area contributed by atoms with E-state index in [0.717, 1.165) is 49.8 Å². The number of halogens is 2. The lowest BCUT2D eigenvalue weighted by molar-refractivity contribution is -0.139. The maximum Gasteiger partial charge on any atom is 0.317 e. The summed E-state index contributed by atoms with van der Waals surface area (Å²) in [5.74, 6) is 0.340. The molecule has 1 fully saturated rings. The van der Waals surface area contributed by atoms with Gasteiger partial charge in [0.25, 0.3) is 0 Å². The number of carboxylic acid groups (broad SMARTS) is 1. The molecule has 1 aliphatic rings. The van der Waals surface area contributed by atoms with E-state index >= 15 is 0 Å². The Morgan fingerprint density at radius 2 is 1.96 bits per heavy atom. The molecule has 136 valence electrons. The molecule has 0 bridgehead atoms. The molecule has 0 unspecified atom stereocenters. The van der Waals surface area contributed by atoms with Gasteiger partial charge in [-0.3, -0.25) is 9.69 Å². The number of piperidine rings is 1. The van der Waals surface area contributed by atoms with Crippen molar-refractivity contribution in [1.29, 1.82) is 0 Å². The van der Waals surface area contributed by atoms with Gasteiger partial charge < -0.3 is 10.0 Å². The lowest BCUT2D eigenvalue weighted by Gasteiger charge is -2.37. The van der Waals surface area contributed by atoms with Crippen LogP contribution in [0, 0.1) is 0 Å². The van der Waals surface area contributed by atoms with E-state index in [-0.39, 0.29) is 19.0 Å². The summed E-state index contributed by atoms with van der Waals surface area (Å²) >= 11 is 7.75. The van der Waals surface area contributed by atoms with Crippen LogP contribution in [0.4, 0.5) is 0 Å². The third kappa shape index (κ3) is 7.19. The van der Waals surface area contributed by atoms with Crippen LogP contribution in [0.15, 0.2) is 29.2 Å². The van der Waals surface area contributed by atoms with E-state index < -0.39 is 5.97 Å². The van der Waals surface area contributed by atoms with Gasteiger partial charge in [-0.1, -0.05) is 18.5 Å². The molecule has 1 N–H and O–H groups in total. The minimum atomic E-state index is -0.728. The van der Waals surface area contributed by atoms with Crippen molar-refractivity contribution in [2.24, 2.45) is 0 Å². The van der Waals surface area contributed by atoms with Gasteiger partial charge in [0.2, 0.25) is 0 Å². The van der Waals surface area contributed by atoms with Crippen molar-refractivity contribution in [2.45, 2.75) is 30.7 Å². The predicted octanol–water partition coefficient (Wildman–Crippen LogP) is 3.72. The smallest absolute Gasteiger partial charge is 0.317 e. The van der Waals surface area contributed by atoms with Crippen molar-refractivity contribution in [3.63, 3.8) is 0 Å². The number of likely N-dealkylation sites (tertiary alicyclic amines) is 1. The number of hydrogen-bond acceptors (Lipinski definition) is 4. The summed E-state index contributed by atoms with van der Waals surface area (Å²) < 4.78 is 0. The van der Waals surface area contributed by atoms with Crippen molar-refractivity contribution in [3.8, 4) is 0 Å². The average molecular weight is 393 g/mol. The van der Waals surface area contributed by atoms with Gasteiger partial charge in [-0.2, -0.15) is 0 Å². The lowest BCUT2D eigenvalue weighted by Crippen LogP contribution is -2.46. The molecule has 0 aliphatic carbocycles. The Morgan fingerprint density at radius 1 is 1.33 bits per heavy atom. The second-order valence-electron chi connectivity index (χ2n) is 5.83. The van der Waals surface area contributed by atoms with Crippen molar-refractivity contribution in [1.82, 2.24) is 9.80 Å². The first-order valence-corrected chi connectivity index (χ1v) is 9.51. The fourth-order valence-corrected chi connectivity index (χ4v) is 4.04. The maximum absolute atomic E-state index is 10.9. The maximum atomic E-state index is 10.9. The summed E-state index contributed by atoms with van der Waals surface area (Å²) in [6.07, 6.45) is 2.12. The predicted molar refractivity (Wildman–Crippen MR) is 104 cm³/mol. The zero-order valence-corrected chi connectivity index (χ0v) is 16.4. The Kier molecular flexibility index (Phi) is 10.1. The SMILES string of the molecule is CCN(CC(=O)O)C1CCN(CCSc2ccc(Cl)cc2)CC1.Cl. The number of aliphatic carboxylic acids is 1. The van der Waals surface area contributed by atoms with Gasteiger partial charge in [-0.05, 0) is 56.7 Å². The Balaban J connectivity index is 0.00000288. The normalized spacial score (nSPS) is 16.1. The summed E-state index contributed by atoms with van der Waals surface area (Å²) in [5, 5.41) is 9.75. The van der Waals surface area contributed by atoms with Gasteiger partial charge in [0.05, 0.1) is 6.54 Å². The Hall–Kier alpha value is -0.460. The van der Waals surface area contributed by atoms with E-state index in [2.05, 4.69) is 21.9 Å². The molecule has 0 spiro atoms. The number of carbonyl (C=O) groups is 1. The molecule has 1 aromatic carbocycles. The molecule has 2 rings (SSSR count). The topological polar surface area (TPSA) is 43.8 Å². The third-order valence-corrected chi connectivity index (χ3v) is 5.55. The first-order valence-electron chi connectivity index (χ1n) is 8.15. The second kappa shape index (κ2) is 11.2. The second-order valence-corrected chi connectivity index (χ2v) is 7.44. The summed E-state index contributed by atoms with van der Waals surface area (Å²) in [6.45, 7) is 6.20. The van der Waals surface area contributed by atoms with Gasteiger partial charge in [-0.25, -0.2) is 0 Å². The number of hydrogen-bond donors (Lipinski definition) is 1. The van der Waals surface area contributed by atoms with Crippen LogP contribution in [0.25, 0.3) is 0 Å². The highest BCUT2D eigenvalue weighted by Gasteiger charge is 2.24. The molecule has 1 heterocycles. The quantitative estimate of drug-likeness (QED) is 0.682. The van der Waals surface area contributed by atoms with Gasteiger partial charge in [0.1, 0.15) is 0 Å². The van der Waals surface area contributed by atoms with Crippen LogP contribution < -0.4 is 0 Å². The molecule has 0 radical (unpaired) electrons. The molecule has 7 heteroatoms. The summed E-state index contributed by atoms with van der Waals surface area (Å²) in [5.41, 5.74) is 0. The first kappa shape index (κ1) is 21.6. The monoisotopic (exact) mass is 392 g/mol. The summed E-state index contributed by atoms with van der Waals surface area (Å²) in [4.78, 5) is 16.7. The van der Waals surface area contributed by atoms with Crippen LogP contribution in [0.1, 0.15) is 19.8 Å². The Labute approximate surface area is 159 Å². The molecule has 0 amide bonds. The van der Waals surface area contributed by atoms with E-state index in [1.165, 1.54) is 4.90 Å². The van der Waals surface area contributed by atoms with Crippen molar-refractivity contribution < 1.29 is 9.90 Å². The first-order chi connectivity index (χ1) is 11.1. The Morgan fingerprint density at radius 3 is 2.50 bits per heavy atom. The fourth-order valence-electron chi connectivity index (χ4n) is 3.00. The van der Waals surface area contributed by atoms with Crippen molar-refractivity contribution >= 4 is 41.7 Å². The van der Waals surface area contributed by atoms with Gasteiger partial charge in [-0.15, -0.1) is 24.2 Å². The number of nitrogens with zero attached hydrogens (tertiary/aromatic N) is 2. The summed E-state index contributed by atoms with van der Waals surface area (Å²) in [6, 6.07) is 8.39. The molecule has 1 aliphatic heterocycles. The zero-order chi connectivity index (χ0) is 16.7. The Bertz CT molecular complexity index is 494. The molecular weight excluding hydrogens is 367 g/mol. The van der Waals surface area contributed by atoms with Crippen LogP contribution in [0.2, 0.25) is 5.02 Å². The van der Waals surface area contributed by atoms with E-state index in [1.807, 2.05) is 30.8 Å². The van der Waals surface area contributed by atoms with Gasteiger partial charge >= 0.3 is 5.97 Å². The minimum absolute atomic E-state index is 0. The van der Waals surface area contributed by atoms with E-state index in [9.17, 15) is 4.79 Å².